The third-order valence-electron chi connectivity index (χ3n) is 3.09. The summed E-state index contributed by atoms with van der Waals surface area (Å²) < 4.78 is 5.14. The summed E-state index contributed by atoms with van der Waals surface area (Å²) >= 11 is 0. The summed E-state index contributed by atoms with van der Waals surface area (Å²) in [6.45, 7) is 1.94. The van der Waals surface area contributed by atoms with Crippen molar-refractivity contribution in [1.82, 2.24) is 0 Å². The number of hydrogen-bond donors (Lipinski definition) is 2. The van der Waals surface area contributed by atoms with Gasteiger partial charge < -0.3 is 15.2 Å². The van der Waals surface area contributed by atoms with Crippen molar-refractivity contribution in [3.8, 4) is 5.75 Å². The highest BCUT2D eigenvalue weighted by molar-refractivity contribution is 5.92. The van der Waals surface area contributed by atoms with Crippen LogP contribution in [-0.2, 0) is 9.59 Å². The monoisotopic (exact) mass is 279 g/mol. The predicted octanol–water partition coefficient (Wildman–Crippen LogP) is 2.91. The second-order valence-corrected chi connectivity index (χ2v) is 4.61. The minimum absolute atomic E-state index is 0.189. The number of rotatable bonds is 8. The van der Waals surface area contributed by atoms with Gasteiger partial charge in [0, 0.05) is 6.42 Å². The van der Waals surface area contributed by atoms with E-state index in [0.717, 1.165) is 6.42 Å². The van der Waals surface area contributed by atoms with Gasteiger partial charge in [-0.3, -0.25) is 9.59 Å². The molecule has 0 saturated heterocycles. The van der Waals surface area contributed by atoms with E-state index < -0.39 is 11.9 Å². The highest BCUT2D eigenvalue weighted by Crippen LogP contribution is 2.23. The Hall–Kier alpha value is -2.04. The van der Waals surface area contributed by atoms with Crippen LogP contribution in [0.4, 0.5) is 5.69 Å². The second-order valence-electron chi connectivity index (χ2n) is 4.61. The molecule has 5 heteroatoms. The smallest absolute Gasteiger partial charge is 0.306 e. The van der Waals surface area contributed by atoms with Crippen LogP contribution < -0.4 is 10.1 Å². The van der Waals surface area contributed by atoms with Crippen LogP contribution in [0, 0.1) is 5.92 Å². The third kappa shape index (κ3) is 4.91. The number of aliphatic carboxylic acids is 1. The lowest BCUT2D eigenvalue weighted by atomic mass is 9.98. The summed E-state index contributed by atoms with van der Waals surface area (Å²) in [6.07, 6.45) is 1.93. The molecule has 20 heavy (non-hydrogen) atoms. The molecule has 1 aromatic rings. The Morgan fingerprint density at radius 1 is 1.30 bits per heavy atom. The summed E-state index contributed by atoms with van der Waals surface area (Å²) in [5, 5.41) is 11.8. The second kappa shape index (κ2) is 8.19. The van der Waals surface area contributed by atoms with Gasteiger partial charge in [0.15, 0.2) is 0 Å². The molecule has 0 aliphatic rings. The van der Waals surface area contributed by atoms with E-state index in [0.29, 0.717) is 24.3 Å². The van der Waals surface area contributed by atoms with Crippen LogP contribution in [0.25, 0.3) is 0 Å². The summed E-state index contributed by atoms with van der Waals surface area (Å²) in [6, 6.07) is 7.12. The molecule has 0 aromatic heterocycles. The molecule has 5 nitrogen and oxygen atoms in total. The van der Waals surface area contributed by atoms with Crippen molar-refractivity contribution in [2.45, 2.75) is 32.6 Å². The molecule has 0 bridgehead atoms. The number of amides is 1. The highest BCUT2D eigenvalue weighted by Gasteiger charge is 2.18. The van der Waals surface area contributed by atoms with Gasteiger partial charge in [-0.15, -0.1) is 0 Å². The van der Waals surface area contributed by atoms with Gasteiger partial charge in [-0.25, -0.2) is 0 Å². The first-order valence-electron chi connectivity index (χ1n) is 6.74. The maximum atomic E-state index is 11.9. The molecule has 0 heterocycles. The van der Waals surface area contributed by atoms with Crippen LogP contribution in [0.3, 0.4) is 0 Å². The van der Waals surface area contributed by atoms with Crippen molar-refractivity contribution in [1.29, 1.82) is 0 Å². The minimum atomic E-state index is -0.836. The molecule has 0 unspecified atom stereocenters. The van der Waals surface area contributed by atoms with E-state index in [9.17, 15) is 9.59 Å². The number of nitrogens with one attached hydrogen (secondary N) is 1. The van der Waals surface area contributed by atoms with Gasteiger partial charge in [0.2, 0.25) is 5.91 Å². The molecule has 0 saturated carbocycles. The summed E-state index contributed by atoms with van der Waals surface area (Å²) in [7, 11) is 1.53. The lowest BCUT2D eigenvalue weighted by Gasteiger charge is -2.12. The van der Waals surface area contributed by atoms with E-state index >= 15 is 0 Å². The van der Waals surface area contributed by atoms with E-state index in [1.54, 1.807) is 18.2 Å². The van der Waals surface area contributed by atoms with E-state index in [1.807, 2.05) is 13.0 Å². The normalized spacial score (nSPS) is 11.7. The van der Waals surface area contributed by atoms with Crippen molar-refractivity contribution in [2.24, 2.45) is 5.92 Å². The van der Waals surface area contributed by atoms with Crippen molar-refractivity contribution in [3.63, 3.8) is 0 Å². The fourth-order valence-electron chi connectivity index (χ4n) is 2.01. The van der Waals surface area contributed by atoms with Crippen LogP contribution in [0.15, 0.2) is 24.3 Å². The zero-order valence-electron chi connectivity index (χ0n) is 11.9. The Labute approximate surface area is 118 Å². The number of carbonyl (C=O) groups is 2. The Bertz CT molecular complexity index is 459. The molecule has 0 spiro atoms. The molecule has 0 aliphatic heterocycles. The summed E-state index contributed by atoms with van der Waals surface area (Å²) in [4.78, 5) is 22.9. The van der Waals surface area contributed by atoms with Crippen LogP contribution in [0.2, 0.25) is 0 Å². The largest absolute Gasteiger partial charge is 0.495 e. The average Bonchev–Trinajstić information content (AvgIpc) is 2.43. The van der Waals surface area contributed by atoms with Gasteiger partial charge in [0.1, 0.15) is 5.75 Å². The van der Waals surface area contributed by atoms with Gasteiger partial charge in [0.25, 0.3) is 0 Å². The lowest BCUT2D eigenvalue weighted by Crippen LogP contribution is -2.18. The molecular weight excluding hydrogens is 258 g/mol. The minimum Gasteiger partial charge on any atom is -0.495 e. The third-order valence-corrected chi connectivity index (χ3v) is 3.09. The number of ether oxygens (including phenoxy) is 1. The van der Waals surface area contributed by atoms with Crippen LogP contribution in [0.5, 0.6) is 5.75 Å². The number of benzene rings is 1. The standard InChI is InChI=1S/C15H21NO4/c1-3-6-11(15(18)19)9-10-14(17)16-12-7-4-5-8-13(12)20-2/h4-5,7-8,11H,3,6,9-10H2,1-2H3,(H,16,17)(H,18,19)/t11-/m0/s1. The molecule has 1 aromatic carbocycles. The SMILES string of the molecule is CCC[C@@H](CCC(=O)Nc1ccccc1OC)C(=O)O. The first-order chi connectivity index (χ1) is 9.58. The fraction of sp³-hybridized carbons (Fsp3) is 0.467. The van der Waals surface area contributed by atoms with Crippen molar-refractivity contribution >= 4 is 17.6 Å². The number of carboxylic acids is 1. The van der Waals surface area contributed by atoms with Crippen LogP contribution in [0.1, 0.15) is 32.6 Å². The zero-order chi connectivity index (χ0) is 15.0. The van der Waals surface area contributed by atoms with Crippen molar-refractivity contribution in [3.05, 3.63) is 24.3 Å². The average molecular weight is 279 g/mol. The van der Waals surface area contributed by atoms with Gasteiger partial charge in [-0.2, -0.15) is 0 Å². The number of para-hydroxylation sites is 2. The van der Waals surface area contributed by atoms with Gasteiger partial charge in [0.05, 0.1) is 18.7 Å². The lowest BCUT2D eigenvalue weighted by molar-refractivity contribution is -0.142. The van der Waals surface area contributed by atoms with E-state index in [-0.39, 0.29) is 12.3 Å². The number of hydrogen-bond acceptors (Lipinski definition) is 3. The first kappa shape index (κ1) is 16.0. The number of carbonyl (C=O) groups excluding carboxylic acids is 1. The molecule has 1 rings (SSSR count). The molecule has 0 radical (unpaired) electrons. The summed E-state index contributed by atoms with van der Waals surface area (Å²) in [5.74, 6) is -0.901. The Kier molecular flexibility index (Phi) is 6.56. The maximum Gasteiger partial charge on any atom is 0.306 e. The molecule has 0 fully saturated rings. The fourth-order valence-corrected chi connectivity index (χ4v) is 2.01. The number of methoxy groups -OCH3 is 1. The van der Waals surface area contributed by atoms with Gasteiger partial charge >= 0.3 is 5.97 Å². The molecule has 2 N–H and O–H groups in total. The van der Waals surface area contributed by atoms with E-state index in [1.165, 1.54) is 7.11 Å². The topological polar surface area (TPSA) is 75.6 Å². The van der Waals surface area contributed by atoms with Gasteiger partial charge in [-0.1, -0.05) is 25.5 Å². The molecule has 0 aliphatic carbocycles. The molecule has 1 atom stereocenters. The van der Waals surface area contributed by atoms with Crippen LogP contribution >= 0.6 is 0 Å². The van der Waals surface area contributed by atoms with E-state index in [2.05, 4.69) is 5.32 Å². The predicted molar refractivity (Wildman–Crippen MR) is 76.9 cm³/mol. The Morgan fingerprint density at radius 2 is 2.00 bits per heavy atom. The van der Waals surface area contributed by atoms with E-state index in [4.69, 9.17) is 9.84 Å². The quantitative estimate of drug-likeness (QED) is 0.767. The van der Waals surface area contributed by atoms with Crippen molar-refractivity contribution in [2.75, 3.05) is 12.4 Å². The first-order valence-corrected chi connectivity index (χ1v) is 6.74. The van der Waals surface area contributed by atoms with Crippen molar-refractivity contribution < 1.29 is 19.4 Å². The Balaban J connectivity index is 2.53. The number of carboxylic acid groups (broad SMARTS) is 1. The molecule has 110 valence electrons. The molecule has 1 amide bonds. The highest BCUT2D eigenvalue weighted by atomic mass is 16.5. The zero-order valence-corrected chi connectivity index (χ0v) is 11.9. The van der Waals surface area contributed by atoms with Crippen LogP contribution in [-0.4, -0.2) is 24.1 Å². The number of anilines is 1. The molecular formula is C15H21NO4. The Morgan fingerprint density at radius 3 is 2.60 bits per heavy atom. The maximum absolute atomic E-state index is 11.9. The summed E-state index contributed by atoms with van der Waals surface area (Å²) in [5.41, 5.74) is 0.599. The van der Waals surface area contributed by atoms with Gasteiger partial charge in [-0.05, 0) is 25.0 Å².